The number of ether oxygens (including phenoxy) is 2. The van der Waals surface area contributed by atoms with Crippen molar-refractivity contribution in [3.05, 3.63) is 46.0 Å². The van der Waals surface area contributed by atoms with Crippen molar-refractivity contribution < 1.29 is 19.1 Å². The number of hydrogen-bond acceptors (Lipinski definition) is 5. The maximum absolute atomic E-state index is 13.1. The van der Waals surface area contributed by atoms with Crippen LogP contribution >= 0.6 is 11.3 Å². The van der Waals surface area contributed by atoms with Crippen LogP contribution < -0.4 is 10.1 Å². The molecule has 1 aromatic carbocycles. The van der Waals surface area contributed by atoms with Crippen molar-refractivity contribution >= 4 is 39.1 Å². The molecule has 6 nitrogen and oxygen atoms in total. The van der Waals surface area contributed by atoms with Crippen molar-refractivity contribution in [2.24, 2.45) is 7.05 Å². The van der Waals surface area contributed by atoms with E-state index in [1.807, 2.05) is 35.9 Å². The standard InChI is InChI=1S/C22H24N2O4S/c1-4-28-22(26)19-13-8-5-6-11-18(13)29-21(19)23-20(25)16-12-14-15(24(16)2)9-7-10-17(14)27-3/h7,9-10,12H,4-6,8,11H2,1-3H3,(H,23,25). The number of methoxy groups -OCH3 is 1. The molecule has 29 heavy (non-hydrogen) atoms. The van der Waals surface area contributed by atoms with E-state index in [0.717, 1.165) is 47.9 Å². The number of aromatic nitrogens is 1. The summed E-state index contributed by atoms with van der Waals surface area (Å²) in [6, 6.07) is 7.54. The van der Waals surface area contributed by atoms with Crippen LogP contribution in [0.4, 0.5) is 5.00 Å². The molecule has 4 rings (SSSR count). The number of carbonyl (C=O) groups is 2. The molecule has 0 radical (unpaired) electrons. The van der Waals surface area contributed by atoms with Crippen molar-refractivity contribution in [2.75, 3.05) is 19.0 Å². The Kier molecular flexibility index (Phi) is 5.32. The summed E-state index contributed by atoms with van der Waals surface area (Å²) in [5, 5.41) is 4.43. The van der Waals surface area contributed by atoms with Crippen LogP contribution in [0.15, 0.2) is 24.3 Å². The van der Waals surface area contributed by atoms with Crippen LogP contribution in [-0.4, -0.2) is 30.2 Å². The van der Waals surface area contributed by atoms with E-state index in [2.05, 4.69) is 5.32 Å². The zero-order valence-electron chi connectivity index (χ0n) is 16.8. The minimum atomic E-state index is -0.360. The Morgan fingerprint density at radius 3 is 2.79 bits per heavy atom. The van der Waals surface area contributed by atoms with Crippen molar-refractivity contribution in [1.29, 1.82) is 0 Å². The predicted octanol–water partition coefficient (Wildman–Crippen LogP) is 4.56. The van der Waals surface area contributed by atoms with E-state index < -0.39 is 0 Å². The first kappa shape index (κ1) is 19.5. The molecule has 1 N–H and O–H groups in total. The van der Waals surface area contributed by atoms with Gasteiger partial charge in [-0.2, -0.15) is 0 Å². The van der Waals surface area contributed by atoms with Gasteiger partial charge in [0, 0.05) is 17.3 Å². The molecule has 1 aliphatic carbocycles. The number of hydrogen-bond donors (Lipinski definition) is 1. The van der Waals surface area contributed by atoms with E-state index in [1.54, 1.807) is 14.0 Å². The third-order valence-corrected chi connectivity index (χ3v) is 6.58. The summed E-state index contributed by atoms with van der Waals surface area (Å²) in [7, 11) is 3.46. The van der Waals surface area contributed by atoms with Gasteiger partial charge in [0.05, 0.1) is 24.8 Å². The van der Waals surface area contributed by atoms with Crippen LogP contribution in [0.3, 0.4) is 0 Å². The van der Waals surface area contributed by atoms with Gasteiger partial charge in [0.25, 0.3) is 5.91 Å². The summed E-state index contributed by atoms with van der Waals surface area (Å²) in [6.45, 7) is 2.09. The summed E-state index contributed by atoms with van der Waals surface area (Å²) in [4.78, 5) is 26.9. The first-order valence-corrected chi connectivity index (χ1v) is 10.6. The molecule has 0 spiro atoms. The van der Waals surface area contributed by atoms with Gasteiger partial charge in [-0.25, -0.2) is 4.79 Å². The minimum Gasteiger partial charge on any atom is -0.496 e. The van der Waals surface area contributed by atoms with Crippen LogP contribution in [0.5, 0.6) is 5.75 Å². The number of rotatable bonds is 5. The molecule has 1 aliphatic rings. The summed E-state index contributed by atoms with van der Waals surface area (Å²) >= 11 is 1.49. The maximum Gasteiger partial charge on any atom is 0.341 e. The number of amides is 1. The highest BCUT2D eigenvalue weighted by Crippen LogP contribution is 2.39. The summed E-state index contributed by atoms with van der Waals surface area (Å²) in [5.41, 5.74) is 2.97. The zero-order valence-corrected chi connectivity index (χ0v) is 17.6. The van der Waals surface area contributed by atoms with Crippen molar-refractivity contribution in [3.63, 3.8) is 0 Å². The molecule has 0 fully saturated rings. The van der Waals surface area contributed by atoms with E-state index in [9.17, 15) is 9.59 Å². The Bertz CT molecular complexity index is 1100. The van der Waals surface area contributed by atoms with Crippen molar-refractivity contribution in [2.45, 2.75) is 32.6 Å². The SMILES string of the molecule is CCOC(=O)c1c(NC(=O)c2cc3c(OC)cccc3n2C)sc2c1CCCC2. The van der Waals surface area contributed by atoms with Crippen LogP contribution in [0.2, 0.25) is 0 Å². The van der Waals surface area contributed by atoms with Gasteiger partial charge in [0.2, 0.25) is 0 Å². The molecule has 0 saturated carbocycles. The number of fused-ring (bicyclic) bond motifs is 2. The molecule has 2 aromatic heterocycles. The molecule has 0 unspecified atom stereocenters. The first-order chi connectivity index (χ1) is 14.0. The second-order valence-electron chi connectivity index (χ2n) is 7.07. The Morgan fingerprint density at radius 2 is 2.03 bits per heavy atom. The van der Waals surface area contributed by atoms with Crippen LogP contribution in [0.1, 0.15) is 51.1 Å². The maximum atomic E-state index is 13.1. The monoisotopic (exact) mass is 412 g/mol. The van der Waals surface area contributed by atoms with Gasteiger partial charge < -0.3 is 19.4 Å². The summed E-state index contributed by atoms with van der Waals surface area (Å²) in [6.07, 6.45) is 3.94. The number of esters is 1. The van der Waals surface area contributed by atoms with Crippen molar-refractivity contribution in [3.8, 4) is 5.75 Å². The molecular formula is C22H24N2O4S. The molecule has 2 heterocycles. The number of nitrogens with one attached hydrogen (secondary N) is 1. The number of thiophene rings is 1. The van der Waals surface area contributed by atoms with Crippen LogP contribution in [0, 0.1) is 0 Å². The number of nitrogens with zero attached hydrogens (tertiary/aromatic N) is 1. The topological polar surface area (TPSA) is 69.6 Å². The van der Waals surface area contributed by atoms with Crippen LogP contribution in [0.25, 0.3) is 10.9 Å². The molecule has 3 aromatic rings. The second kappa shape index (κ2) is 7.91. The normalized spacial score (nSPS) is 13.2. The fourth-order valence-electron chi connectivity index (χ4n) is 3.97. The lowest BCUT2D eigenvalue weighted by molar-refractivity contribution is 0.0526. The van der Waals surface area contributed by atoms with Gasteiger partial charge in [-0.3, -0.25) is 4.79 Å². The molecule has 0 bridgehead atoms. The highest BCUT2D eigenvalue weighted by Gasteiger charge is 2.28. The fourth-order valence-corrected chi connectivity index (χ4v) is 5.24. The van der Waals surface area contributed by atoms with Gasteiger partial charge in [-0.05, 0) is 56.4 Å². The van der Waals surface area contributed by atoms with E-state index in [4.69, 9.17) is 9.47 Å². The highest BCUT2D eigenvalue weighted by molar-refractivity contribution is 7.17. The molecule has 1 amide bonds. The predicted molar refractivity (Wildman–Crippen MR) is 114 cm³/mol. The third-order valence-electron chi connectivity index (χ3n) is 5.38. The smallest absolute Gasteiger partial charge is 0.341 e. The summed E-state index contributed by atoms with van der Waals surface area (Å²) in [5.74, 6) is 0.103. The first-order valence-electron chi connectivity index (χ1n) is 9.80. The Balaban J connectivity index is 1.72. The molecule has 7 heteroatoms. The van der Waals surface area contributed by atoms with Gasteiger partial charge in [-0.15, -0.1) is 11.3 Å². The second-order valence-corrected chi connectivity index (χ2v) is 8.18. The average Bonchev–Trinajstić information content (AvgIpc) is 3.25. The number of carbonyl (C=O) groups excluding carboxylic acids is 2. The molecule has 0 saturated heterocycles. The fraction of sp³-hybridized carbons (Fsp3) is 0.364. The van der Waals surface area contributed by atoms with Gasteiger partial charge in [0.1, 0.15) is 16.4 Å². The lowest BCUT2D eigenvalue weighted by Crippen LogP contribution is -2.17. The highest BCUT2D eigenvalue weighted by atomic mass is 32.1. The van der Waals surface area contributed by atoms with Crippen molar-refractivity contribution in [1.82, 2.24) is 4.57 Å². The lowest BCUT2D eigenvalue weighted by atomic mass is 9.95. The molecular weight excluding hydrogens is 388 g/mol. The Hall–Kier alpha value is -2.80. The van der Waals surface area contributed by atoms with E-state index in [0.29, 0.717) is 22.9 Å². The lowest BCUT2D eigenvalue weighted by Gasteiger charge is -2.12. The van der Waals surface area contributed by atoms with Gasteiger partial charge in [0.15, 0.2) is 0 Å². The Labute approximate surface area is 173 Å². The third kappa shape index (κ3) is 3.40. The largest absolute Gasteiger partial charge is 0.496 e. The minimum absolute atomic E-state index is 0.255. The molecule has 0 atom stereocenters. The molecule has 0 aliphatic heterocycles. The van der Waals surface area contributed by atoms with Gasteiger partial charge >= 0.3 is 5.97 Å². The van der Waals surface area contributed by atoms with Gasteiger partial charge in [-0.1, -0.05) is 6.07 Å². The van der Waals surface area contributed by atoms with E-state index in [-0.39, 0.29) is 11.9 Å². The van der Waals surface area contributed by atoms with E-state index >= 15 is 0 Å². The van der Waals surface area contributed by atoms with Crippen LogP contribution in [-0.2, 0) is 24.6 Å². The zero-order chi connectivity index (χ0) is 20.5. The Morgan fingerprint density at radius 1 is 1.24 bits per heavy atom. The average molecular weight is 413 g/mol. The number of aryl methyl sites for hydroxylation is 2. The molecule has 152 valence electrons. The quantitative estimate of drug-likeness (QED) is 0.624. The number of benzene rings is 1. The summed E-state index contributed by atoms with van der Waals surface area (Å²) < 4.78 is 12.5. The van der Waals surface area contributed by atoms with E-state index in [1.165, 1.54) is 16.2 Å². The number of anilines is 1.